The minimum absolute atomic E-state index is 0.169. The van der Waals surface area contributed by atoms with Crippen LogP contribution in [0.1, 0.15) is 25.1 Å². The van der Waals surface area contributed by atoms with Crippen molar-refractivity contribution in [1.29, 1.82) is 0 Å². The van der Waals surface area contributed by atoms with Gasteiger partial charge in [0.25, 0.3) is 5.56 Å². The maximum atomic E-state index is 11.8. The molecule has 0 bridgehead atoms. The topological polar surface area (TPSA) is 82.3 Å². The van der Waals surface area contributed by atoms with Crippen molar-refractivity contribution in [1.82, 2.24) is 25.7 Å². The average molecular weight is 371 g/mol. The van der Waals surface area contributed by atoms with Crippen LogP contribution in [-0.2, 0) is 17.9 Å². The van der Waals surface area contributed by atoms with Crippen molar-refractivity contribution >= 4 is 0 Å². The van der Waals surface area contributed by atoms with Crippen LogP contribution in [0.2, 0.25) is 0 Å². The van der Waals surface area contributed by atoms with E-state index in [1.165, 1.54) is 11.6 Å². The first-order chi connectivity index (χ1) is 13.0. The third-order valence-corrected chi connectivity index (χ3v) is 5.11. The van der Waals surface area contributed by atoms with E-state index in [9.17, 15) is 4.79 Å². The molecule has 0 saturated carbocycles. The van der Waals surface area contributed by atoms with E-state index >= 15 is 0 Å². The van der Waals surface area contributed by atoms with Gasteiger partial charge in [0.1, 0.15) is 5.82 Å². The zero-order valence-corrected chi connectivity index (χ0v) is 16.5. The molecule has 1 aliphatic heterocycles. The maximum absolute atomic E-state index is 11.8. The van der Waals surface area contributed by atoms with E-state index in [0.717, 1.165) is 18.7 Å². The van der Waals surface area contributed by atoms with E-state index in [-0.39, 0.29) is 5.56 Å². The number of rotatable bonds is 7. The van der Waals surface area contributed by atoms with Crippen LogP contribution in [-0.4, -0.2) is 47.7 Å². The van der Waals surface area contributed by atoms with Crippen molar-refractivity contribution in [3.05, 3.63) is 51.9 Å². The minimum Gasteiger partial charge on any atom is -0.378 e. The van der Waals surface area contributed by atoms with Gasteiger partial charge in [-0.25, -0.2) is 4.98 Å². The van der Waals surface area contributed by atoms with E-state index in [2.05, 4.69) is 58.7 Å². The van der Waals surface area contributed by atoms with Crippen molar-refractivity contribution < 1.29 is 4.74 Å². The number of aromatic amines is 1. The van der Waals surface area contributed by atoms with E-state index in [0.29, 0.717) is 36.1 Å². The number of methoxy groups -OCH3 is 1. The van der Waals surface area contributed by atoms with Gasteiger partial charge in [0, 0.05) is 49.8 Å². The number of H-pyrrole nitrogens is 1. The Kier molecular flexibility index (Phi) is 6.38. The number of benzene rings is 1. The van der Waals surface area contributed by atoms with Crippen LogP contribution < -0.4 is 16.4 Å². The molecule has 7 heteroatoms. The lowest BCUT2D eigenvalue weighted by Crippen LogP contribution is -2.35. The van der Waals surface area contributed by atoms with Crippen molar-refractivity contribution in [2.24, 2.45) is 5.92 Å². The van der Waals surface area contributed by atoms with Gasteiger partial charge in [-0.15, -0.1) is 0 Å². The lowest BCUT2D eigenvalue weighted by Gasteiger charge is -2.25. The number of hydrazine groups is 1. The summed E-state index contributed by atoms with van der Waals surface area (Å²) in [5.41, 5.74) is 9.20. The Morgan fingerprint density at radius 1 is 1.15 bits per heavy atom. The Bertz CT molecular complexity index is 795. The molecule has 3 N–H and O–H groups in total. The zero-order valence-electron chi connectivity index (χ0n) is 16.5. The van der Waals surface area contributed by atoms with E-state index in [4.69, 9.17) is 4.74 Å². The fourth-order valence-electron chi connectivity index (χ4n) is 3.60. The molecule has 0 amide bonds. The Labute approximate surface area is 160 Å². The summed E-state index contributed by atoms with van der Waals surface area (Å²) in [6.07, 6.45) is 0. The van der Waals surface area contributed by atoms with Gasteiger partial charge in [0.2, 0.25) is 0 Å². The van der Waals surface area contributed by atoms with E-state index < -0.39 is 0 Å². The number of nitrogens with zero attached hydrogens (tertiary/aromatic N) is 2. The summed E-state index contributed by atoms with van der Waals surface area (Å²) in [4.78, 5) is 21.4. The monoisotopic (exact) mass is 371 g/mol. The number of ether oxygens (including phenoxy) is 1. The molecular formula is C20H29N5O2. The smallest absolute Gasteiger partial charge is 0.251 e. The van der Waals surface area contributed by atoms with Crippen molar-refractivity contribution in [2.75, 3.05) is 20.7 Å². The van der Waals surface area contributed by atoms with E-state index in [1.807, 2.05) is 12.1 Å². The summed E-state index contributed by atoms with van der Waals surface area (Å²) in [5, 5.41) is 0. The summed E-state index contributed by atoms with van der Waals surface area (Å²) in [6.45, 7) is 6.66. The quantitative estimate of drug-likeness (QED) is 0.685. The number of nitrogens with one attached hydrogen (secondary N) is 3. The molecule has 1 saturated heterocycles. The first kappa shape index (κ1) is 19.7. The molecule has 146 valence electrons. The molecule has 2 aromatic rings. The highest BCUT2D eigenvalue weighted by atomic mass is 16.5. The highest BCUT2D eigenvalue weighted by Crippen LogP contribution is 2.18. The Morgan fingerprint density at radius 2 is 1.81 bits per heavy atom. The molecule has 0 aliphatic carbocycles. The first-order valence-electron chi connectivity index (χ1n) is 9.34. The second-order valence-electron chi connectivity index (χ2n) is 7.44. The van der Waals surface area contributed by atoms with Gasteiger partial charge in [-0.3, -0.25) is 15.6 Å². The maximum Gasteiger partial charge on any atom is 0.251 e. The third-order valence-electron chi connectivity index (χ3n) is 5.11. The summed E-state index contributed by atoms with van der Waals surface area (Å²) < 4.78 is 5.08. The molecule has 2 heterocycles. The van der Waals surface area contributed by atoms with Gasteiger partial charge in [0.05, 0.1) is 12.3 Å². The van der Waals surface area contributed by atoms with Crippen molar-refractivity contribution in [3.63, 3.8) is 0 Å². The second kappa shape index (κ2) is 8.75. The Morgan fingerprint density at radius 3 is 2.44 bits per heavy atom. The minimum atomic E-state index is -0.169. The van der Waals surface area contributed by atoms with Gasteiger partial charge in [0.15, 0.2) is 0 Å². The van der Waals surface area contributed by atoms with Gasteiger partial charge in [-0.1, -0.05) is 24.3 Å². The largest absolute Gasteiger partial charge is 0.378 e. The van der Waals surface area contributed by atoms with Crippen LogP contribution >= 0.6 is 0 Å². The van der Waals surface area contributed by atoms with Crippen LogP contribution in [0.4, 0.5) is 0 Å². The molecule has 1 aromatic carbocycles. The van der Waals surface area contributed by atoms with Gasteiger partial charge in [-0.2, -0.15) is 0 Å². The average Bonchev–Trinajstić information content (AvgIpc) is 2.94. The van der Waals surface area contributed by atoms with Crippen LogP contribution in [0.15, 0.2) is 35.1 Å². The van der Waals surface area contributed by atoms with Crippen LogP contribution in [0.5, 0.6) is 0 Å². The molecular weight excluding hydrogens is 342 g/mol. The fourth-order valence-corrected chi connectivity index (χ4v) is 3.60. The number of aromatic nitrogens is 2. The second-order valence-corrected chi connectivity index (χ2v) is 7.44. The molecule has 1 aliphatic rings. The Hall–Kier alpha value is -2.06. The molecule has 1 aromatic heterocycles. The van der Waals surface area contributed by atoms with Gasteiger partial charge in [-0.05, 0) is 26.5 Å². The lowest BCUT2D eigenvalue weighted by atomic mass is 9.96. The predicted molar refractivity (Wildman–Crippen MR) is 106 cm³/mol. The summed E-state index contributed by atoms with van der Waals surface area (Å²) in [7, 11) is 3.74. The standard InChI is InChI=1S/C20H29N5O2/c1-13-18(14(2)24-23-13)11-25(3)10-15-5-7-16(8-6-15)20-21-17(12-27-4)9-19(26)22-20/h5-9,13-14,18,23-24H,10-12H2,1-4H3,(H,21,22,26). The van der Waals surface area contributed by atoms with Gasteiger partial charge < -0.3 is 14.6 Å². The SMILES string of the molecule is COCc1cc(=O)[nH]c(-c2ccc(CN(C)CC3C(C)NNC3C)cc2)n1. The molecule has 0 spiro atoms. The van der Waals surface area contributed by atoms with Crippen LogP contribution in [0.25, 0.3) is 11.4 Å². The lowest BCUT2D eigenvalue weighted by molar-refractivity contribution is 0.181. The molecule has 0 radical (unpaired) electrons. The first-order valence-corrected chi connectivity index (χ1v) is 9.34. The van der Waals surface area contributed by atoms with Crippen molar-refractivity contribution in [3.8, 4) is 11.4 Å². The molecule has 2 atom stereocenters. The van der Waals surface area contributed by atoms with Gasteiger partial charge >= 0.3 is 0 Å². The van der Waals surface area contributed by atoms with Crippen LogP contribution in [0.3, 0.4) is 0 Å². The zero-order chi connectivity index (χ0) is 19.4. The number of hydrogen-bond acceptors (Lipinski definition) is 6. The summed E-state index contributed by atoms with van der Waals surface area (Å²) in [6, 6.07) is 10.6. The molecule has 2 unspecified atom stereocenters. The number of hydrogen-bond donors (Lipinski definition) is 3. The summed E-state index contributed by atoms with van der Waals surface area (Å²) in [5.74, 6) is 1.15. The highest BCUT2D eigenvalue weighted by molar-refractivity contribution is 5.55. The fraction of sp³-hybridized carbons (Fsp3) is 0.500. The molecule has 3 rings (SSSR count). The summed E-state index contributed by atoms with van der Waals surface area (Å²) >= 11 is 0. The molecule has 1 fully saturated rings. The molecule has 27 heavy (non-hydrogen) atoms. The normalized spacial score (nSPS) is 22.5. The van der Waals surface area contributed by atoms with E-state index in [1.54, 1.807) is 7.11 Å². The van der Waals surface area contributed by atoms with Crippen LogP contribution in [0, 0.1) is 5.92 Å². The highest BCUT2D eigenvalue weighted by Gasteiger charge is 2.30. The molecule has 7 nitrogen and oxygen atoms in total. The van der Waals surface area contributed by atoms with Crippen molar-refractivity contribution in [2.45, 2.75) is 39.1 Å². The predicted octanol–water partition coefficient (Wildman–Crippen LogP) is 1.52. The third kappa shape index (κ3) is 5.01. The Balaban J connectivity index is 1.66.